The summed E-state index contributed by atoms with van der Waals surface area (Å²) in [6.45, 7) is 19.1. The van der Waals surface area contributed by atoms with Crippen LogP contribution in [0.2, 0.25) is 22.2 Å². The average Bonchev–Trinajstić information content (AvgIpc) is 3.60. The van der Waals surface area contributed by atoms with Crippen molar-refractivity contribution in [2.75, 3.05) is 26.9 Å². The number of rotatable bonds is 13. The Morgan fingerprint density at radius 1 is 0.915 bits per heavy atom. The van der Waals surface area contributed by atoms with Gasteiger partial charge in [0.25, 0.3) is 5.56 Å². The average molecular weight is 689 g/mol. The van der Waals surface area contributed by atoms with Gasteiger partial charge in [-0.1, -0.05) is 85.7 Å². The van der Waals surface area contributed by atoms with Crippen molar-refractivity contribution in [1.29, 1.82) is 0 Å². The summed E-state index contributed by atoms with van der Waals surface area (Å²) in [6, 6.07) is 10.0. The van der Waals surface area contributed by atoms with Gasteiger partial charge in [0.2, 0.25) is 0 Å². The minimum absolute atomic E-state index is 0.0461. The number of hydrogen-bond acceptors (Lipinski definition) is 10. The molecule has 0 radical (unpaired) electrons. The maximum Gasteiger partial charge on any atom is 0.335 e. The van der Waals surface area contributed by atoms with E-state index in [2.05, 4.69) is 65.4 Å². The van der Waals surface area contributed by atoms with Crippen LogP contribution in [0.1, 0.15) is 67.2 Å². The Morgan fingerprint density at radius 2 is 1.60 bits per heavy atom. The maximum atomic E-state index is 13.4. The van der Waals surface area contributed by atoms with Crippen LogP contribution in [-0.4, -0.2) is 81.5 Å². The van der Waals surface area contributed by atoms with Crippen LogP contribution in [0.25, 0.3) is 11.2 Å². The van der Waals surface area contributed by atoms with Crippen molar-refractivity contribution >= 4 is 28.3 Å². The second-order valence-electron chi connectivity index (χ2n) is 13.8. The zero-order valence-electron chi connectivity index (χ0n) is 29.3. The number of benzene rings is 1. The van der Waals surface area contributed by atoms with Crippen LogP contribution >= 0.6 is 0 Å². The number of fused-ring (bicyclic) bond motifs is 2. The molecule has 2 saturated heterocycles. The maximum absolute atomic E-state index is 13.4. The van der Waals surface area contributed by atoms with Gasteiger partial charge in [-0.05, 0) is 27.7 Å². The fourth-order valence-electron chi connectivity index (χ4n) is 6.82. The molecule has 0 saturated carbocycles. The number of imidazole rings is 1. The van der Waals surface area contributed by atoms with Crippen LogP contribution in [0.3, 0.4) is 0 Å². The van der Waals surface area contributed by atoms with Gasteiger partial charge in [0, 0.05) is 7.11 Å². The first kappa shape index (κ1) is 36.0. The molecular weight excluding hydrogens is 637 g/mol. The van der Waals surface area contributed by atoms with E-state index in [1.807, 2.05) is 30.3 Å². The lowest BCUT2D eigenvalue weighted by molar-refractivity contribution is -0.0747. The fraction of sp³-hybridized carbons (Fsp3) is 0.667. The van der Waals surface area contributed by atoms with Gasteiger partial charge >= 0.3 is 17.1 Å². The molecule has 2 aliphatic rings. The minimum atomic E-state index is -2.96. The fourth-order valence-corrected chi connectivity index (χ4v) is 18.0. The van der Waals surface area contributed by atoms with E-state index in [4.69, 9.17) is 31.9 Å². The molecule has 12 nitrogen and oxygen atoms in total. The van der Waals surface area contributed by atoms with E-state index in [1.165, 1.54) is 10.9 Å². The highest BCUT2D eigenvalue weighted by atomic mass is 28.5. The largest absolute Gasteiger partial charge is 0.414 e. The van der Waals surface area contributed by atoms with Crippen molar-refractivity contribution in [2.24, 2.45) is 0 Å². The lowest BCUT2D eigenvalue weighted by atomic mass is 10.1. The second-order valence-corrected chi connectivity index (χ2v) is 22.6. The van der Waals surface area contributed by atoms with E-state index in [1.54, 1.807) is 18.0 Å². The molecule has 4 heterocycles. The summed E-state index contributed by atoms with van der Waals surface area (Å²) in [5.41, 5.74) is 2.04. The van der Waals surface area contributed by atoms with Crippen LogP contribution in [-0.2, 0) is 45.3 Å². The lowest BCUT2D eigenvalue weighted by Gasteiger charge is -2.51. The summed E-state index contributed by atoms with van der Waals surface area (Å²) in [6.07, 6.45) is 0.904. The Bertz CT molecular complexity index is 1500. The molecule has 5 rings (SSSR count). The van der Waals surface area contributed by atoms with E-state index in [-0.39, 0.29) is 40.0 Å². The first-order valence-corrected chi connectivity index (χ1v) is 20.7. The molecule has 1 aromatic carbocycles. The predicted octanol–water partition coefficient (Wildman–Crippen LogP) is 5.65. The van der Waals surface area contributed by atoms with Gasteiger partial charge in [-0.25, -0.2) is 9.97 Å². The highest BCUT2D eigenvalue weighted by molar-refractivity contribution is 6.84. The SMILES string of the molecule is COCCOCn1cnc2c(ncn2[C@@H]2O[C@@H]3CO[Si](C(C)C)(C(C)C)O[Si](C(C)C)(C(C)C)O[C@H]3[C@H]2OCc2ccccc2)c1=O. The Morgan fingerprint density at radius 3 is 2.23 bits per heavy atom. The standard InChI is InChI=1S/C33H52N4O8Si2/c1-22(2)46(23(3)4)42-18-27-29(44-47(45-46,24(5)6)25(7)8)30(41-17-26-13-11-10-12-14-26)33(43-27)37-20-34-28-31(37)35-19-36(32(28)38)21-40-16-15-39-9/h10-14,19-20,22-25,27,29-30,33H,15-18,21H2,1-9H3/t27-,29-,30-,33-/m1/s1. The van der Waals surface area contributed by atoms with Gasteiger partial charge < -0.3 is 31.9 Å². The first-order valence-electron chi connectivity index (χ1n) is 16.8. The number of aromatic nitrogens is 4. The molecule has 47 heavy (non-hydrogen) atoms. The lowest BCUT2D eigenvalue weighted by Crippen LogP contribution is -2.66. The van der Waals surface area contributed by atoms with Gasteiger partial charge in [-0.15, -0.1) is 0 Å². The van der Waals surface area contributed by atoms with Crippen molar-refractivity contribution in [3.63, 3.8) is 0 Å². The molecule has 0 bridgehead atoms. The van der Waals surface area contributed by atoms with Crippen LogP contribution < -0.4 is 5.56 Å². The second kappa shape index (κ2) is 15.1. The zero-order chi connectivity index (χ0) is 33.9. The Kier molecular flexibility index (Phi) is 11.6. The third kappa shape index (κ3) is 7.08. The summed E-state index contributed by atoms with van der Waals surface area (Å²) < 4.78 is 49.2. The van der Waals surface area contributed by atoms with Gasteiger partial charge in [0.1, 0.15) is 31.4 Å². The molecule has 2 aromatic heterocycles. The molecule has 0 unspecified atom stereocenters. The Balaban J connectivity index is 1.56. The monoisotopic (exact) mass is 688 g/mol. The molecule has 0 N–H and O–H groups in total. The van der Waals surface area contributed by atoms with Crippen molar-refractivity contribution in [3.05, 3.63) is 58.9 Å². The number of ether oxygens (including phenoxy) is 4. The van der Waals surface area contributed by atoms with Crippen LogP contribution in [0.4, 0.5) is 0 Å². The Labute approximate surface area is 280 Å². The summed E-state index contributed by atoms with van der Waals surface area (Å²) in [5.74, 6) is 0. The highest BCUT2D eigenvalue weighted by Gasteiger charge is 2.62. The molecule has 260 valence electrons. The molecule has 4 atom stereocenters. The van der Waals surface area contributed by atoms with E-state index in [0.29, 0.717) is 32.1 Å². The minimum Gasteiger partial charge on any atom is -0.414 e. The van der Waals surface area contributed by atoms with E-state index in [9.17, 15) is 4.79 Å². The molecule has 3 aromatic rings. The number of methoxy groups -OCH3 is 1. The molecule has 0 spiro atoms. The van der Waals surface area contributed by atoms with Crippen molar-refractivity contribution < 1.29 is 31.9 Å². The topological polar surface area (TPSA) is 117 Å². The molecule has 2 fully saturated rings. The molecule has 0 aliphatic carbocycles. The van der Waals surface area contributed by atoms with Gasteiger partial charge in [0.15, 0.2) is 17.4 Å². The summed E-state index contributed by atoms with van der Waals surface area (Å²) in [5, 5.41) is 0. The zero-order valence-corrected chi connectivity index (χ0v) is 31.3. The van der Waals surface area contributed by atoms with E-state index < -0.39 is 41.7 Å². The van der Waals surface area contributed by atoms with Gasteiger partial charge in [-0.2, -0.15) is 0 Å². The first-order chi connectivity index (χ1) is 22.4. The summed E-state index contributed by atoms with van der Waals surface area (Å²) >= 11 is 0. The Hall–Kier alpha value is -2.28. The quantitative estimate of drug-likeness (QED) is 0.165. The van der Waals surface area contributed by atoms with E-state index >= 15 is 0 Å². The highest BCUT2D eigenvalue weighted by Crippen LogP contribution is 2.49. The van der Waals surface area contributed by atoms with E-state index in [0.717, 1.165) is 5.56 Å². The number of hydrogen-bond donors (Lipinski definition) is 0. The van der Waals surface area contributed by atoms with Crippen LogP contribution in [0, 0.1) is 0 Å². The molecule has 14 heteroatoms. The molecule has 2 aliphatic heterocycles. The molecular formula is C33H52N4O8Si2. The third-order valence-corrected chi connectivity index (χ3v) is 19.6. The van der Waals surface area contributed by atoms with Gasteiger partial charge in [0.05, 0.1) is 32.8 Å². The van der Waals surface area contributed by atoms with Crippen LogP contribution in [0.15, 0.2) is 47.8 Å². The summed E-state index contributed by atoms with van der Waals surface area (Å²) in [7, 11) is -4.14. The van der Waals surface area contributed by atoms with Gasteiger partial charge in [-0.3, -0.25) is 13.9 Å². The smallest absolute Gasteiger partial charge is 0.335 e. The third-order valence-electron chi connectivity index (χ3n) is 9.39. The number of nitrogens with zero attached hydrogens (tertiary/aromatic N) is 4. The van der Waals surface area contributed by atoms with Crippen molar-refractivity contribution in [3.8, 4) is 0 Å². The normalized spacial score (nSPS) is 24.4. The predicted molar refractivity (Wildman–Crippen MR) is 182 cm³/mol. The van der Waals surface area contributed by atoms with Crippen molar-refractivity contribution in [1.82, 2.24) is 19.1 Å². The van der Waals surface area contributed by atoms with Crippen molar-refractivity contribution in [2.45, 2.75) is 115 Å². The molecule has 0 amide bonds. The van der Waals surface area contributed by atoms with Crippen LogP contribution in [0.5, 0.6) is 0 Å². The summed E-state index contributed by atoms with van der Waals surface area (Å²) in [4.78, 5) is 22.5.